The van der Waals surface area contributed by atoms with Crippen LogP contribution in [0.25, 0.3) is 11.6 Å². The van der Waals surface area contributed by atoms with Gasteiger partial charge in [0, 0.05) is 29.1 Å². The summed E-state index contributed by atoms with van der Waals surface area (Å²) in [6, 6.07) is 7.38. The monoisotopic (exact) mass is 520 g/mol. The predicted molar refractivity (Wildman–Crippen MR) is 138 cm³/mol. The number of carbonyl (C=O) groups excluding carboxylic acids is 3. The molecule has 1 aliphatic rings. The molecule has 4 rings (SSSR count). The number of carboxylic acid groups (broad SMARTS) is 1. The van der Waals surface area contributed by atoms with E-state index >= 15 is 0 Å². The van der Waals surface area contributed by atoms with Crippen LogP contribution in [0.15, 0.2) is 36.4 Å². The van der Waals surface area contributed by atoms with Gasteiger partial charge >= 0.3 is 12.0 Å². The van der Waals surface area contributed by atoms with Crippen LogP contribution in [-0.2, 0) is 22.6 Å². The number of aliphatic carboxylic acids is 1. The minimum absolute atomic E-state index is 0.00124. The number of aliphatic hydroxyl groups is 1. The van der Waals surface area contributed by atoms with Gasteiger partial charge in [0.25, 0.3) is 11.8 Å². The average molecular weight is 521 g/mol. The second-order valence-corrected chi connectivity index (χ2v) is 8.81. The lowest BCUT2D eigenvalue weighted by Gasteiger charge is -2.09. The van der Waals surface area contributed by atoms with E-state index in [1.807, 2.05) is 19.2 Å². The normalized spacial score (nSPS) is 13.3. The van der Waals surface area contributed by atoms with Crippen LogP contribution in [-0.4, -0.2) is 39.0 Å². The Labute approximate surface area is 216 Å². The van der Waals surface area contributed by atoms with E-state index in [1.165, 1.54) is 18.2 Å². The zero-order chi connectivity index (χ0) is 27.6. The first-order valence-electron chi connectivity index (χ1n) is 11.7. The summed E-state index contributed by atoms with van der Waals surface area (Å²) >= 11 is 0. The molecular weight excluding hydrogens is 495 g/mol. The van der Waals surface area contributed by atoms with Crippen molar-refractivity contribution in [2.75, 3.05) is 10.6 Å². The highest BCUT2D eigenvalue weighted by Gasteiger charge is 2.26. The fourth-order valence-electron chi connectivity index (χ4n) is 4.30. The van der Waals surface area contributed by atoms with E-state index < -0.39 is 23.7 Å². The van der Waals surface area contributed by atoms with Crippen molar-refractivity contribution >= 4 is 46.8 Å². The molecule has 3 aromatic rings. The molecule has 2 heterocycles. The second kappa shape index (κ2) is 10.7. The van der Waals surface area contributed by atoms with E-state index in [4.69, 9.17) is 10.2 Å². The fraction of sp³-hybridized carbons (Fsp3) is 0.185. The molecule has 4 amide bonds. The molecule has 2 aromatic carbocycles. The Morgan fingerprint density at radius 3 is 2.55 bits per heavy atom. The van der Waals surface area contributed by atoms with Crippen molar-refractivity contribution in [1.82, 2.24) is 10.3 Å². The highest BCUT2D eigenvalue weighted by Crippen LogP contribution is 2.36. The van der Waals surface area contributed by atoms with Crippen LogP contribution in [0, 0.1) is 19.7 Å². The van der Waals surface area contributed by atoms with Gasteiger partial charge in [-0.3, -0.25) is 19.7 Å². The molecule has 0 saturated carbocycles. The van der Waals surface area contributed by atoms with Gasteiger partial charge in [0.05, 0.1) is 23.4 Å². The molecule has 0 spiro atoms. The second-order valence-electron chi connectivity index (χ2n) is 8.81. The lowest BCUT2D eigenvalue weighted by molar-refractivity contribution is -0.137. The SMILES string of the molecule is Cc1[nH]c(C=C2C(=O)Nc3cc(NC(=O)NC(=O)c4ccc(CO)cc4F)ccc32)c(C)c1CCC(=O)O. The van der Waals surface area contributed by atoms with Crippen LogP contribution >= 0.6 is 0 Å². The molecule has 0 radical (unpaired) electrons. The number of H-pyrrole nitrogens is 1. The zero-order valence-corrected chi connectivity index (χ0v) is 20.6. The number of imide groups is 1. The number of rotatable bonds is 7. The van der Waals surface area contributed by atoms with Crippen molar-refractivity contribution in [1.29, 1.82) is 0 Å². The van der Waals surface area contributed by atoms with Gasteiger partial charge in [-0.25, -0.2) is 9.18 Å². The number of benzene rings is 2. The number of carbonyl (C=O) groups is 4. The zero-order valence-electron chi connectivity index (χ0n) is 20.6. The molecule has 11 heteroatoms. The molecule has 38 heavy (non-hydrogen) atoms. The highest BCUT2D eigenvalue weighted by molar-refractivity contribution is 6.35. The van der Waals surface area contributed by atoms with Crippen LogP contribution in [0.4, 0.5) is 20.6 Å². The maximum absolute atomic E-state index is 14.1. The summed E-state index contributed by atoms with van der Waals surface area (Å²) in [4.78, 5) is 51.5. The van der Waals surface area contributed by atoms with Crippen molar-refractivity contribution < 1.29 is 33.8 Å². The van der Waals surface area contributed by atoms with Crippen molar-refractivity contribution in [3.63, 3.8) is 0 Å². The minimum atomic E-state index is -0.955. The number of aromatic nitrogens is 1. The van der Waals surface area contributed by atoms with Crippen LogP contribution in [0.2, 0.25) is 0 Å². The number of nitrogens with one attached hydrogen (secondary N) is 4. The third-order valence-electron chi connectivity index (χ3n) is 6.26. The van der Waals surface area contributed by atoms with Crippen molar-refractivity contribution in [3.8, 4) is 0 Å². The van der Waals surface area contributed by atoms with Gasteiger partial charge in [0.2, 0.25) is 0 Å². The molecule has 0 unspecified atom stereocenters. The molecule has 196 valence electrons. The number of fused-ring (bicyclic) bond motifs is 1. The highest BCUT2D eigenvalue weighted by atomic mass is 19.1. The summed E-state index contributed by atoms with van der Waals surface area (Å²) < 4.78 is 14.1. The van der Waals surface area contributed by atoms with E-state index in [9.17, 15) is 23.6 Å². The topological polar surface area (TPSA) is 161 Å². The van der Waals surface area contributed by atoms with Gasteiger partial charge in [-0.2, -0.15) is 0 Å². The summed E-state index contributed by atoms with van der Waals surface area (Å²) in [6.45, 7) is 3.32. The molecule has 1 aliphatic heterocycles. The van der Waals surface area contributed by atoms with Crippen LogP contribution in [0.5, 0.6) is 0 Å². The van der Waals surface area contributed by atoms with E-state index in [1.54, 1.807) is 18.2 Å². The summed E-state index contributed by atoms with van der Waals surface area (Å²) in [5.74, 6) is -3.07. The fourth-order valence-corrected chi connectivity index (χ4v) is 4.30. The molecule has 6 N–H and O–H groups in total. The van der Waals surface area contributed by atoms with Crippen LogP contribution in [0.1, 0.15) is 50.4 Å². The summed E-state index contributed by atoms with van der Waals surface area (Å²) in [5.41, 5.74) is 4.94. The van der Waals surface area contributed by atoms with Crippen LogP contribution < -0.4 is 16.0 Å². The maximum atomic E-state index is 14.1. The molecule has 0 fully saturated rings. The first-order valence-corrected chi connectivity index (χ1v) is 11.7. The number of carboxylic acids is 1. The first-order chi connectivity index (χ1) is 18.1. The number of amides is 4. The number of aliphatic hydroxyl groups excluding tert-OH is 1. The Morgan fingerprint density at radius 1 is 1.11 bits per heavy atom. The number of hydrogen-bond donors (Lipinski definition) is 6. The van der Waals surface area contributed by atoms with Crippen molar-refractivity contribution in [2.24, 2.45) is 0 Å². The smallest absolute Gasteiger partial charge is 0.326 e. The largest absolute Gasteiger partial charge is 0.481 e. The van der Waals surface area contributed by atoms with Gasteiger partial charge in [-0.1, -0.05) is 12.1 Å². The summed E-state index contributed by atoms with van der Waals surface area (Å²) in [5, 5.41) is 25.3. The van der Waals surface area contributed by atoms with Crippen molar-refractivity contribution in [3.05, 3.63) is 81.4 Å². The van der Waals surface area contributed by atoms with Gasteiger partial charge in [-0.05, 0) is 67.3 Å². The van der Waals surface area contributed by atoms with E-state index in [-0.39, 0.29) is 35.7 Å². The number of anilines is 2. The Bertz CT molecular complexity index is 1510. The van der Waals surface area contributed by atoms with E-state index in [0.29, 0.717) is 28.9 Å². The van der Waals surface area contributed by atoms with Gasteiger partial charge in [0.1, 0.15) is 5.82 Å². The van der Waals surface area contributed by atoms with Gasteiger partial charge < -0.3 is 25.8 Å². The molecular formula is C27H25FN4O6. The molecule has 0 aliphatic carbocycles. The van der Waals surface area contributed by atoms with E-state index in [0.717, 1.165) is 22.9 Å². The quantitative estimate of drug-likeness (QED) is 0.260. The Balaban J connectivity index is 1.49. The Hall–Kier alpha value is -4.77. The summed E-state index contributed by atoms with van der Waals surface area (Å²) in [7, 11) is 0. The Kier molecular flexibility index (Phi) is 7.40. The predicted octanol–water partition coefficient (Wildman–Crippen LogP) is 3.73. The summed E-state index contributed by atoms with van der Waals surface area (Å²) in [6.07, 6.45) is 2.07. The number of hydrogen-bond acceptors (Lipinski definition) is 5. The molecule has 10 nitrogen and oxygen atoms in total. The van der Waals surface area contributed by atoms with Gasteiger partial charge in [-0.15, -0.1) is 0 Å². The third kappa shape index (κ3) is 5.47. The maximum Gasteiger partial charge on any atom is 0.326 e. The number of aryl methyl sites for hydroxylation is 1. The average Bonchev–Trinajstić information content (AvgIpc) is 3.31. The standard InChI is InChI=1S/C27H25FN4O6/c1-13-17(7-8-24(34)35)14(2)29-22(13)11-20-18-6-4-16(10-23(18)31-26(20)37)30-27(38)32-25(36)19-5-3-15(12-33)9-21(19)28/h3-6,9-11,29,33H,7-8,12H2,1-2H3,(H,31,37)(H,34,35)(H2,30,32,36,38). The van der Waals surface area contributed by atoms with Crippen molar-refractivity contribution in [2.45, 2.75) is 33.3 Å². The number of aromatic amines is 1. The van der Waals surface area contributed by atoms with E-state index in [2.05, 4.69) is 15.6 Å². The first kappa shape index (κ1) is 26.3. The van der Waals surface area contributed by atoms with Crippen LogP contribution in [0.3, 0.4) is 0 Å². The number of halogens is 1. The van der Waals surface area contributed by atoms with Gasteiger partial charge in [0.15, 0.2) is 0 Å². The molecule has 1 aromatic heterocycles. The Morgan fingerprint density at radius 2 is 1.87 bits per heavy atom. The molecule has 0 atom stereocenters. The minimum Gasteiger partial charge on any atom is -0.481 e. The molecule has 0 saturated heterocycles. The third-order valence-corrected chi connectivity index (χ3v) is 6.26. The lowest BCUT2D eigenvalue weighted by atomic mass is 10.0. The molecule has 0 bridgehead atoms. The lowest BCUT2D eigenvalue weighted by Crippen LogP contribution is -2.34. The number of urea groups is 1.